The minimum absolute atomic E-state index is 0. The van der Waals surface area contributed by atoms with Gasteiger partial charge in [0.25, 0.3) is 0 Å². The largest absolute Gasteiger partial charge is 0.488 e. The van der Waals surface area contributed by atoms with Crippen molar-refractivity contribution in [3.05, 3.63) is 111 Å². The number of carbonyl (C=O) groups is 2. The van der Waals surface area contributed by atoms with Crippen LogP contribution in [0.5, 0.6) is 0 Å². The van der Waals surface area contributed by atoms with Crippen molar-refractivity contribution in [1.82, 2.24) is 9.97 Å². The van der Waals surface area contributed by atoms with Gasteiger partial charge in [0, 0.05) is 34.8 Å². The van der Waals surface area contributed by atoms with Gasteiger partial charge < -0.3 is 19.5 Å². The molecule has 2 aromatic heterocycles. The van der Waals surface area contributed by atoms with E-state index in [-0.39, 0.29) is 31.2 Å². The number of rotatable bonds is 8. The van der Waals surface area contributed by atoms with Crippen LogP contribution in [0, 0.1) is 27.7 Å². The highest BCUT2D eigenvalue weighted by Crippen LogP contribution is 2.29. The average molecular weight is 708 g/mol. The van der Waals surface area contributed by atoms with E-state index in [1.165, 1.54) is 30.9 Å². The van der Waals surface area contributed by atoms with Gasteiger partial charge in [0.15, 0.2) is 0 Å². The predicted molar refractivity (Wildman–Crippen MR) is 194 cm³/mol. The van der Waals surface area contributed by atoms with Crippen molar-refractivity contribution >= 4 is 40.4 Å². The highest BCUT2D eigenvalue weighted by molar-refractivity contribution is 9.10. The third-order valence-electron chi connectivity index (χ3n) is 7.59. The van der Waals surface area contributed by atoms with Crippen LogP contribution in [0.15, 0.2) is 77.8 Å². The summed E-state index contributed by atoms with van der Waals surface area (Å²) in [6.07, 6.45) is 7.93. The molecule has 0 bridgehead atoms. The normalized spacial score (nSPS) is 11.3. The number of halogens is 1. The smallest absolute Gasteiger partial charge is 0.469 e. The molecule has 0 amide bonds. The van der Waals surface area contributed by atoms with Gasteiger partial charge in [-0.3, -0.25) is 19.6 Å². The maximum absolute atomic E-state index is 11.4. The number of hydrogen-bond donors (Lipinski definition) is 2. The number of methoxy groups -OCH3 is 2. The maximum Gasteiger partial charge on any atom is 0.488 e. The standard InChI is InChI=1S/C18H21NO2.C10H12BrNO2.C8H11BO2.CH4/c1-12-6-5-7-13(2)18(12)16-9-15(10-19-11-16)14(3)8-17(20)21-4;1-7(3-10(13)14-2)8-4-9(11)6-12-5-8;1-6-4-3-5-7(2)8(6)9(10)11;/h5-7,9-11,14H,8H2,1-4H3;4-7H,3H2,1-2H3;3-5,10-11H,1-2H3;1H4/t14-;7-;;/m00../s1. The van der Waals surface area contributed by atoms with Crippen molar-refractivity contribution in [2.45, 2.75) is 73.6 Å². The molecule has 0 aliphatic heterocycles. The van der Waals surface area contributed by atoms with Gasteiger partial charge in [-0.1, -0.05) is 68.8 Å². The lowest BCUT2D eigenvalue weighted by molar-refractivity contribution is -0.141. The van der Waals surface area contributed by atoms with Crippen molar-refractivity contribution in [1.29, 1.82) is 0 Å². The molecule has 2 heterocycles. The molecule has 0 saturated carbocycles. The second-order valence-corrected chi connectivity index (χ2v) is 12.2. The van der Waals surface area contributed by atoms with Gasteiger partial charge in [-0.05, 0) is 101 Å². The van der Waals surface area contributed by atoms with E-state index < -0.39 is 7.12 Å². The first-order chi connectivity index (χ1) is 21.8. The first kappa shape index (κ1) is 41.2. The van der Waals surface area contributed by atoms with E-state index in [9.17, 15) is 9.59 Å². The molecule has 10 heteroatoms. The Bertz CT molecular complexity index is 1560. The number of pyridine rings is 2. The summed E-state index contributed by atoms with van der Waals surface area (Å²) in [6.45, 7) is 11.9. The summed E-state index contributed by atoms with van der Waals surface area (Å²) in [6, 6.07) is 16.0. The monoisotopic (exact) mass is 706 g/mol. The van der Waals surface area contributed by atoms with E-state index in [1.54, 1.807) is 12.4 Å². The fourth-order valence-electron chi connectivity index (χ4n) is 4.97. The quantitative estimate of drug-likeness (QED) is 0.146. The molecule has 0 aliphatic rings. The van der Waals surface area contributed by atoms with Gasteiger partial charge in [0.05, 0.1) is 27.1 Å². The molecule has 4 aromatic rings. The second kappa shape index (κ2) is 20.4. The van der Waals surface area contributed by atoms with Crippen molar-refractivity contribution in [3.8, 4) is 11.1 Å². The Balaban J connectivity index is 0.000000370. The number of ether oxygens (including phenoxy) is 2. The van der Waals surface area contributed by atoms with Crippen molar-refractivity contribution in [2.75, 3.05) is 14.2 Å². The fourth-order valence-corrected chi connectivity index (χ4v) is 5.35. The first-order valence-corrected chi connectivity index (χ1v) is 15.8. The number of hydrogen-bond acceptors (Lipinski definition) is 8. The van der Waals surface area contributed by atoms with Gasteiger partial charge in [0.2, 0.25) is 0 Å². The summed E-state index contributed by atoms with van der Waals surface area (Å²) in [5, 5.41) is 17.9. The number of benzene rings is 2. The molecule has 2 N–H and O–H groups in total. The van der Waals surface area contributed by atoms with Crippen LogP contribution >= 0.6 is 15.9 Å². The molecular weight excluding hydrogens is 659 g/mol. The lowest BCUT2D eigenvalue weighted by Gasteiger charge is -2.14. The molecule has 0 aliphatic carbocycles. The topological polar surface area (TPSA) is 119 Å². The van der Waals surface area contributed by atoms with Gasteiger partial charge >= 0.3 is 19.1 Å². The summed E-state index contributed by atoms with van der Waals surface area (Å²) in [5.74, 6) is -0.167. The number of nitrogens with zero attached hydrogens (tertiary/aromatic N) is 2. The molecule has 2 atom stereocenters. The Morgan fingerprint density at radius 2 is 1.17 bits per heavy atom. The van der Waals surface area contributed by atoms with E-state index in [0.29, 0.717) is 18.3 Å². The zero-order valence-corrected chi connectivity index (χ0v) is 29.5. The third-order valence-corrected chi connectivity index (χ3v) is 8.03. The molecule has 0 unspecified atom stereocenters. The summed E-state index contributed by atoms with van der Waals surface area (Å²) in [5.41, 5.74) is 9.32. The summed E-state index contributed by atoms with van der Waals surface area (Å²) in [4.78, 5) is 30.8. The third kappa shape index (κ3) is 13.0. The molecular formula is C37H48BBrN2O6. The number of carbonyl (C=O) groups excluding carboxylic acids is 2. The van der Waals surface area contributed by atoms with Crippen LogP contribution in [-0.2, 0) is 19.1 Å². The number of aryl methyl sites for hydroxylation is 4. The fraction of sp³-hybridized carbons (Fsp3) is 0.351. The highest BCUT2D eigenvalue weighted by atomic mass is 79.9. The van der Waals surface area contributed by atoms with Gasteiger partial charge in [0.1, 0.15) is 0 Å². The Morgan fingerprint density at radius 3 is 1.57 bits per heavy atom. The van der Waals surface area contributed by atoms with Crippen molar-refractivity contribution in [3.63, 3.8) is 0 Å². The summed E-state index contributed by atoms with van der Waals surface area (Å²) < 4.78 is 10.3. The van der Waals surface area contributed by atoms with E-state index in [0.717, 1.165) is 32.3 Å². The molecule has 8 nitrogen and oxygen atoms in total. The summed E-state index contributed by atoms with van der Waals surface area (Å²) in [7, 11) is 1.46. The predicted octanol–water partition coefficient (Wildman–Crippen LogP) is 7.16. The number of esters is 2. The summed E-state index contributed by atoms with van der Waals surface area (Å²) >= 11 is 3.34. The molecule has 2 aromatic carbocycles. The van der Waals surface area contributed by atoms with Gasteiger partial charge in [-0.25, -0.2) is 0 Å². The lowest BCUT2D eigenvalue weighted by atomic mass is 9.74. The molecule has 47 heavy (non-hydrogen) atoms. The van der Waals surface area contributed by atoms with Crippen LogP contribution in [-0.4, -0.2) is 53.3 Å². The zero-order valence-electron chi connectivity index (χ0n) is 27.9. The first-order valence-electron chi connectivity index (χ1n) is 15.0. The van der Waals surface area contributed by atoms with E-state index in [4.69, 9.17) is 14.8 Å². The van der Waals surface area contributed by atoms with E-state index in [2.05, 4.69) is 68.7 Å². The van der Waals surface area contributed by atoms with Crippen LogP contribution in [0.2, 0.25) is 0 Å². The van der Waals surface area contributed by atoms with Crippen molar-refractivity contribution < 1.29 is 29.1 Å². The van der Waals surface area contributed by atoms with E-state index >= 15 is 0 Å². The maximum atomic E-state index is 11.4. The molecule has 0 saturated heterocycles. The Kier molecular flexibility index (Phi) is 17.9. The van der Waals surface area contributed by atoms with Gasteiger partial charge in [-0.2, -0.15) is 0 Å². The molecule has 0 radical (unpaired) electrons. The average Bonchev–Trinajstić information content (AvgIpc) is 3.01. The van der Waals surface area contributed by atoms with Crippen LogP contribution in [0.4, 0.5) is 0 Å². The van der Waals surface area contributed by atoms with E-state index in [1.807, 2.05) is 64.4 Å². The van der Waals surface area contributed by atoms with Crippen LogP contribution in [0.1, 0.15) is 79.3 Å². The lowest BCUT2D eigenvalue weighted by Crippen LogP contribution is -2.34. The van der Waals surface area contributed by atoms with Gasteiger partial charge in [-0.15, -0.1) is 0 Å². The SMILES string of the molecule is C.COC(=O)C[C@H](C)c1cncc(-c2c(C)cccc2C)c1.COC(=O)C[C@H](C)c1cncc(Br)c1.Cc1cccc(C)c1B(O)O. The zero-order chi connectivity index (χ0) is 34.4. The van der Waals surface area contributed by atoms with Crippen LogP contribution in [0.3, 0.4) is 0 Å². The minimum Gasteiger partial charge on any atom is -0.469 e. The second-order valence-electron chi connectivity index (χ2n) is 11.3. The van der Waals surface area contributed by atoms with Crippen LogP contribution in [0.25, 0.3) is 11.1 Å². The molecule has 4 rings (SSSR count). The van der Waals surface area contributed by atoms with Crippen LogP contribution < -0.4 is 5.46 Å². The molecule has 0 fully saturated rings. The van der Waals surface area contributed by atoms with Crippen molar-refractivity contribution in [2.24, 2.45) is 0 Å². The highest BCUT2D eigenvalue weighted by Gasteiger charge is 2.16. The Labute approximate surface area is 288 Å². The Hall–Kier alpha value is -3.86. The molecule has 252 valence electrons. The number of aromatic nitrogens is 2. The molecule has 0 spiro atoms. The Morgan fingerprint density at radius 1 is 0.745 bits per heavy atom. The minimum atomic E-state index is -1.35.